The van der Waals surface area contributed by atoms with Crippen molar-refractivity contribution in [3.63, 3.8) is 0 Å². The standard InChI is InChI=1S/C24H28F4N2O2S/c1-5-33-29-21-19(30(13-24(21,4)28)22(31)23(2,3)32)11-14-7-6-8-18(20(14)27)15-9-16(25)12-17(26)10-15/h6-10,12,19,21,29,32H,5,11,13H2,1-4H3. The summed E-state index contributed by atoms with van der Waals surface area (Å²) in [7, 11) is 0. The molecule has 0 radical (unpaired) electrons. The number of likely N-dealkylation sites (tertiary alicyclic amines) is 1. The van der Waals surface area contributed by atoms with Gasteiger partial charge in [0.1, 0.15) is 28.7 Å². The third kappa shape index (κ3) is 5.53. The van der Waals surface area contributed by atoms with Gasteiger partial charge < -0.3 is 10.0 Å². The van der Waals surface area contributed by atoms with Crippen LogP contribution in [0.3, 0.4) is 0 Å². The van der Waals surface area contributed by atoms with E-state index in [-0.39, 0.29) is 29.7 Å². The number of hydrogen-bond donors (Lipinski definition) is 2. The van der Waals surface area contributed by atoms with Gasteiger partial charge in [0.2, 0.25) is 0 Å². The molecule has 1 amide bonds. The summed E-state index contributed by atoms with van der Waals surface area (Å²) in [4.78, 5) is 14.2. The number of alkyl halides is 1. The lowest BCUT2D eigenvalue weighted by atomic mass is 9.92. The maximum Gasteiger partial charge on any atom is 0.254 e. The molecule has 1 fully saturated rings. The fourth-order valence-electron chi connectivity index (χ4n) is 4.20. The molecule has 1 aliphatic heterocycles. The number of carbonyl (C=O) groups is 1. The molecule has 1 saturated heterocycles. The van der Waals surface area contributed by atoms with Crippen molar-refractivity contribution in [2.75, 3.05) is 12.3 Å². The minimum absolute atomic E-state index is 0.000265. The SMILES string of the molecule is CCSNC1C(Cc2cccc(-c3cc(F)cc(F)c3)c2F)N(C(=O)C(C)(C)O)CC1(C)F. The van der Waals surface area contributed by atoms with Gasteiger partial charge in [0, 0.05) is 17.4 Å². The second kappa shape index (κ2) is 9.64. The number of nitrogens with one attached hydrogen (secondary N) is 1. The molecule has 9 heteroatoms. The third-order valence-corrected chi connectivity index (χ3v) is 6.44. The molecule has 2 aromatic carbocycles. The molecule has 0 saturated carbocycles. The Kier molecular flexibility index (Phi) is 7.45. The van der Waals surface area contributed by atoms with Gasteiger partial charge in [-0.15, -0.1) is 0 Å². The van der Waals surface area contributed by atoms with Gasteiger partial charge in [0.15, 0.2) is 0 Å². The highest BCUT2D eigenvalue weighted by molar-refractivity contribution is 7.97. The van der Waals surface area contributed by atoms with Gasteiger partial charge in [-0.2, -0.15) is 0 Å². The van der Waals surface area contributed by atoms with Crippen molar-refractivity contribution in [2.45, 2.75) is 57.5 Å². The van der Waals surface area contributed by atoms with Crippen LogP contribution in [0, 0.1) is 17.5 Å². The van der Waals surface area contributed by atoms with E-state index < -0.39 is 46.7 Å². The first kappa shape index (κ1) is 25.5. The van der Waals surface area contributed by atoms with Crippen LogP contribution >= 0.6 is 11.9 Å². The summed E-state index contributed by atoms with van der Waals surface area (Å²) < 4.78 is 61.5. The number of carbonyl (C=O) groups excluding carboxylic acids is 1. The fourth-order valence-corrected chi connectivity index (χ4v) is 4.95. The van der Waals surface area contributed by atoms with E-state index in [1.165, 1.54) is 49.8 Å². The summed E-state index contributed by atoms with van der Waals surface area (Å²) in [6.07, 6.45) is -0.0548. The molecule has 3 rings (SSSR count). The Morgan fingerprint density at radius 3 is 2.45 bits per heavy atom. The molecule has 3 unspecified atom stereocenters. The van der Waals surface area contributed by atoms with E-state index in [4.69, 9.17) is 0 Å². The monoisotopic (exact) mass is 484 g/mol. The van der Waals surface area contributed by atoms with Crippen molar-refractivity contribution in [1.82, 2.24) is 9.62 Å². The Hall–Kier alpha value is -2.10. The first-order chi connectivity index (χ1) is 15.3. The molecule has 0 aliphatic carbocycles. The Bertz CT molecular complexity index is 1010. The largest absolute Gasteiger partial charge is 0.381 e. The number of amides is 1. The van der Waals surface area contributed by atoms with Crippen molar-refractivity contribution in [1.29, 1.82) is 0 Å². The molecule has 0 aromatic heterocycles. The van der Waals surface area contributed by atoms with Crippen LogP contribution in [0.25, 0.3) is 11.1 Å². The lowest BCUT2D eigenvalue weighted by Crippen LogP contribution is -2.52. The molecule has 3 atom stereocenters. The smallest absolute Gasteiger partial charge is 0.254 e. The van der Waals surface area contributed by atoms with Crippen LogP contribution in [-0.2, 0) is 11.2 Å². The minimum atomic E-state index is -1.83. The molecule has 2 N–H and O–H groups in total. The van der Waals surface area contributed by atoms with Gasteiger partial charge >= 0.3 is 0 Å². The van der Waals surface area contributed by atoms with Crippen molar-refractivity contribution in [3.05, 3.63) is 59.4 Å². The zero-order chi connectivity index (χ0) is 24.6. The second-order valence-corrected chi connectivity index (χ2v) is 10.1. The van der Waals surface area contributed by atoms with E-state index in [1.54, 1.807) is 6.07 Å². The van der Waals surface area contributed by atoms with Crippen LogP contribution < -0.4 is 4.72 Å². The second-order valence-electron chi connectivity index (χ2n) is 9.01. The maximum atomic E-state index is 15.6. The van der Waals surface area contributed by atoms with Crippen molar-refractivity contribution in [2.24, 2.45) is 0 Å². The van der Waals surface area contributed by atoms with Gasteiger partial charge in [-0.1, -0.05) is 37.1 Å². The van der Waals surface area contributed by atoms with Crippen molar-refractivity contribution >= 4 is 17.9 Å². The number of benzene rings is 2. The number of aliphatic hydroxyl groups is 1. The van der Waals surface area contributed by atoms with Gasteiger partial charge in [-0.05, 0) is 50.5 Å². The van der Waals surface area contributed by atoms with E-state index in [2.05, 4.69) is 4.72 Å². The minimum Gasteiger partial charge on any atom is -0.381 e. The normalized spacial score (nSPS) is 23.2. The predicted molar refractivity (Wildman–Crippen MR) is 122 cm³/mol. The summed E-state index contributed by atoms with van der Waals surface area (Å²) in [6.45, 7) is 5.64. The number of halogens is 4. The van der Waals surface area contributed by atoms with Gasteiger partial charge in [0.25, 0.3) is 5.91 Å². The maximum absolute atomic E-state index is 15.6. The van der Waals surface area contributed by atoms with Gasteiger partial charge in [-0.25, -0.2) is 17.6 Å². The van der Waals surface area contributed by atoms with Crippen LogP contribution in [0.1, 0.15) is 33.3 Å². The Labute approximate surface area is 195 Å². The average Bonchev–Trinajstić information content (AvgIpc) is 2.95. The number of rotatable bonds is 7. The zero-order valence-corrected chi connectivity index (χ0v) is 19.8. The van der Waals surface area contributed by atoms with Crippen LogP contribution in [0.5, 0.6) is 0 Å². The van der Waals surface area contributed by atoms with Crippen LogP contribution in [-0.4, -0.2) is 51.6 Å². The Morgan fingerprint density at radius 1 is 1.24 bits per heavy atom. The summed E-state index contributed by atoms with van der Waals surface area (Å²) in [5.74, 6) is -2.38. The molecule has 33 heavy (non-hydrogen) atoms. The first-order valence-electron chi connectivity index (χ1n) is 10.7. The summed E-state index contributed by atoms with van der Waals surface area (Å²) in [6, 6.07) is 5.59. The summed E-state index contributed by atoms with van der Waals surface area (Å²) >= 11 is 1.28. The van der Waals surface area contributed by atoms with Gasteiger partial charge in [-0.3, -0.25) is 9.52 Å². The van der Waals surface area contributed by atoms with Crippen LogP contribution in [0.2, 0.25) is 0 Å². The topological polar surface area (TPSA) is 52.6 Å². The van der Waals surface area contributed by atoms with Gasteiger partial charge in [0.05, 0.1) is 18.6 Å². The molecule has 1 aliphatic rings. The lowest BCUT2D eigenvalue weighted by Gasteiger charge is -2.32. The molecule has 180 valence electrons. The average molecular weight is 485 g/mol. The van der Waals surface area contributed by atoms with E-state index >= 15 is 8.78 Å². The Morgan fingerprint density at radius 2 is 1.88 bits per heavy atom. The summed E-state index contributed by atoms with van der Waals surface area (Å²) in [5, 5.41) is 10.3. The molecule has 2 aromatic rings. The third-order valence-electron chi connectivity index (χ3n) is 5.73. The van der Waals surface area contributed by atoms with E-state index in [9.17, 15) is 18.7 Å². The molecular weight excluding hydrogens is 456 g/mol. The zero-order valence-electron chi connectivity index (χ0n) is 19.0. The lowest BCUT2D eigenvalue weighted by molar-refractivity contribution is -0.149. The summed E-state index contributed by atoms with van der Waals surface area (Å²) in [5.41, 5.74) is -3.36. The van der Waals surface area contributed by atoms with Crippen LogP contribution in [0.15, 0.2) is 36.4 Å². The number of hydrogen-bond acceptors (Lipinski definition) is 4. The molecule has 4 nitrogen and oxygen atoms in total. The van der Waals surface area contributed by atoms with E-state index in [0.29, 0.717) is 11.8 Å². The highest BCUT2D eigenvalue weighted by Crippen LogP contribution is 2.36. The van der Waals surface area contributed by atoms with E-state index in [1.807, 2.05) is 6.92 Å². The highest BCUT2D eigenvalue weighted by Gasteiger charge is 2.53. The van der Waals surface area contributed by atoms with Crippen molar-refractivity contribution < 1.29 is 27.5 Å². The van der Waals surface area contributed by atoms with Crippen LogP contribution in [0.4, 0.5) is 17.6 Å². The number of nitrogens with zero attached hydrogens (tertiary/aromatic N) is 1. The van der Waals surface area contributed by atoms with Crippen molar-refractivity contribution in [3.8, 4) is 11.1 Å². The first-order valence-corrected chi connectivity index (χ1v) is 11.7. The molecular formula is C24H28F4N2O2S. The molecule has 0 bridgehead atoms. The molecule has 1 heterocycles. The fraction of sp³-hybridized carbons (Fsp3) is 0.458. The quantitative estimate of drug-likeness (QED) is 0.444. The predicted octanol–water partition coefficient (Wildman–Crippen LogP) is 4.65. The van der Waals surface area contributed by atoms with E-state index in [0.717, 1.165) is 12.1 Å². The Balaban J connectivity index is 2.02. The highest BCUT2D eigenvalue weighted by atomic mass is 32.2. The molecule has 0 spiro atoms.